The van der Waals surface area contributed by atoms with Crippen LogP contribution in [-0.2, 0) is 10.0 Å². The first-order chi connectivity index (χ1) is 11.3. The molecule has 0 N–H and O–H groups in total. The summed E-state index contributed by atoms with van der Waals surface area (Å²) in [6, 6.07) is 4.13. The molecular weight excluding hydrogens is 326 g/mol. The van der Waals surface area contributed by atoms with Gasteiger partial charge in [-0.2, -0.15) is 5.10 Å². The van der Waals surface area contributed by atoms with Gasteiger partial charge in [0.2, 0.25) is 10.0 Å². The van der Waals surface area contributed by atoms with Gasteiger partial charge in [-0.1, -0.05) is 0 Å². The predicted octanol–water partition coefficient (Wildman–Crippen LogP) is 1.98. The third kappa shape index (κ3) is 3.34. The Hall–Kier alpha value is -1.80. The summed E-state index contributed by atoms with van der Waals surface area (Å²) >= 11 is 0. The van der Waals surface area contributed by atoms with Crippen LogP contribution in [0.5, 0.6) is 0 Å². The SMILES string of the molecule is Cc1cc(-c2ccnn2C(C)C)nc(C2CCN(S(C)(=O)=O)C2)n1. The van der Waals surface area contributed by atoms with Crippen LogP contribution in [0.4, 0.5) is 0 Å². The summed E-state index contributed by atoms with van der Waals surface area (Å²) in [7, 11) is -3.16. The van der Waals surface area contributed by atoms with Gasteiger partial charge >= 0.3 is 0 Å². The van der Waals surface area contributed by atoms with Crippen LogP contribution in [0.3, 0.4) is 0 Å². The topological polar surface area (TPSA) is 81.0 Å². The molecule has 8 heteroatoms. The lowest BCUT2D eigenvalue weighted by atomic mass is 10.1. The third-order valence-electron chi connectivity index (χ3n) is 4.28. The zero-order chi connectivity index (χ0) is 17.5. The maximum atomic E-state index is 11.7. The van der Waals surface area contributed by atoms with Crippen molar-refractivity contribution in [3.63, 3.8) is 0 Å². The van der Waals surface area contributed by atoms with Crippen molar-refractivity contribution in [3.8, 4) is 11.4 Å². The van der Waals surface area contributed by atoms with Crippen LogP contribution < -0.4 is 0 Å². The van der Waals surface area contributed by atoms with Crippen molar-refractivity contribution in [1.29, 1.82) is 0 Å². The summed E-state index contributed by atoms with van der Waals surface area (Å²) in [5, 5.41) is 4.36. The van der Waals surface area contributed by atoms with E-state index in [9.17, 15) is 8.42 Å². The zero-order valence-corrected chi connectivity index (χ0v) is 15.3. The number of sulfonamides is 1. The molecule has 1 unspecified atom stereocenters. The summed E-state index contributed by atoms with van der Waals surface area (Å²) in [4.78, 5) is 9.28. The maximum absolute atomic E-state index is 11.7. The number of aromatic nitrogens is 4. The van der Waals surface area contributed by atoms with Gasteiger partial charge in [-0.25, -0.2) is 22.7 Å². The Kier molecular flexibility index (Phi) is 4.44. The lowest BCUT2D eigenvalue weighted by molar-refractivity contribution is 0.476. The molecule has 1 aliphatic rings. The Labute approximate surface area is 142 Å². The van der Waals surface area contributed by atoms with Crippen LogP contribution >= 0.6 is 0 Å². The molecule has 1 fully saturated rings. The van der Waals surface area contributed by atoms with E-state index in [1.54, 1.807) is 6.20 Å². The summed E-state index contributed by atoms with van der Waals surface area (Å²) in [5.74, 6) is 0.751. The minimum Gasteiger partial charge on any atom is -0.261 e. The first-order valence-electron chi connectivity index (χ1n) is 8.10. The second kappa shape index (κ2) is 6.25. The van der Waals surface area contributed by atoms with E-state index in [1.807, 2.05) is 23.7 Å². The molecule has 2 aromatic heterocycles. The summed E-state index contributed by atoms with van der Waals surface area (Å²) < 4.78 is 26.9. The van der Waals surface area contributed by atoms with Gasteiger partial charge in [-0.3, -0.25) is 4.68 Å². The minimum absolute atomic E-state index is 0.0359. The average molecular weight is 349 g/mol. The molecule has 0 bridgehead atoms. The highest BCUT2D eigenvalue weighted by molar-refractivity contribution is 7.88. The lowest BCUT2D eigenvalue weighted by Crippen LogP contribution is -2.27. The van der Waals surface area contributed by atoms with E-state index < -0.39 is 10.0 Å². The van der Waals surface area contributed by atoms with Gasteiger partial charge in [0.1, 0.15) is 5.82 Å². The van der Waals surface area contributed by atoms with Gasteiger partial charge in [-0.05, 0) is 39.3 Å². The normalized spacial score (nSPS) is 19.3. The minimum atomic E-state index is -3.16. The molecule has 0 aromatic carbocycles. The van der Waals surface area contributed by atoms with Crippen LogP contribution in [0.2, 0.25) is 0 Å². The van der Waals surface area contributed by atoms with Gasteiger partial charge in [0, 0.05) is 36.9 Å². The number of nitrogens with zero attached hydrogens (tertiary/aromatic N) is 5. The van der Waals surface area contributed by atoms with E-state index in [4.69, 9.17) is 4.98 Å². The first-order valence-corrected chi connectivity index (χ1v) is 9.95. The standard InChI is InChI=1S/C16H23N5O2S/c1-11(2)21-15(5-7-17-21)14-9-12(3)18-16(19-14)13-6-8-20(10-13)24(4,22)23/h5,7,9,11,13H,6,8,10H2,1-4H3. The summed E-state index contributed by atoms with van der Waals surface area (Å²) in [6.07, 6.45) is 3.77. The van der Waals surface area contributed by atoms with E-state index in [0.29, 0.717) is 18.9 Å². The zero-order valence-electron chi connectivity index (χ0n) is 14.5. The number of rotatable bonds is 4. The van der Waals surface area contributed by atoms with E-state index in [0.717, 1.165) is 23.5 Å². The van der Waals surface area contributed by atoms with Crippen molar-refractivity contribution in [2.24, 2.45) is 0 Å². The highest BCUT2D eigenvalue weighted by Gasteiger charge is 2.31. The molecule has 130 valence electrons. The molecule has 0 spiro atoms. The van der Waals surface area contributed by atoms with Crippen LogP contribution in [-0.4, -0.2) is 51.8 Å². The first kappa shape index (κ1) is 17.0. The Morgan fingerprint density at radius 3 is 2.67 bits per heavy atom. The highest BCUT2D eigenvalue weighted by atomic mass is 32.2. The largest absolute Gasteiger partial charge is 0.261 e. The van der Waals surface area contributed by atoms with E-state index in [-0.39, 0.29) is 12.0 Å². The molecule has 24 heavy (non-hydrogen) atoms. The lowest BCUT2D eigenvalue weighted by Gasteiger charge is -2.15. The molecule has 1 saturated heterocycles. The highest BCUT2D eigenvalue weighted by Crippen LogP contribution is 2.29. The molecule has 1 atom stereocenters. The maximum Gasteiger partial charge on any atom is 0.211 e. The molecule has 7 nitrogen and oxygen atoms in total. The van der Waals surface area contributed by atoms with Crippen LogP contribution in [0, 0.1) is 6.92 Å². The summed E-state index contributed by atoms with van der Waals surface area (Å²) in [5.41, 5.74) is 2.67. The smallest absolute Gasteiger partial charge is 0.211 e. The Morgan fingerprint density at radius 1 is 1.29 bits per heavy atom. The predicted molar refractivity (Wildman–Crippen MR) is 92.1 cm³/mol. The molecular formula is C16H23N5O2S. The second-order valence-electron chi connectivity index (χ2n) is 6.61. The molecule has 0 saturated carbocycles. The van der Waals surface area contributed by atoms with Crippen molar-refractivity contribution in [2.45, 2.75) is 39.2 Å². The van der Waals surface area contributed by atoms with Crippen molar-refractivity contribution < 1.29 is 8.42 Å². The van der Waals surface area contributed by atoms with E-state index in [2.05, 4.69) is 23.9 Å². The van der Waals surface area contributed by atoms with Gasteiger partial charge < -0.3 is 0 Å². The van der Waals surface area contributed by atoms with E-state index in [1.165, 1.54) is 10.6 Å². The Bertz CT molecular complexity index is 844. The quantitative estimate of drug-likeness (QED) is 0.843. The van der Waals surface area contributed by atoms with Crippen molar-refractivity contribution >= 4 is 10.0 Å². The van der Waals surface area contributed by atoms with Gasteiger partial charge in [0.25, 0.3) is 0 Å². The molecule has 2 aromatic rings. The molecule has 0 radical (unpaired) electrons. The van der Waals surface area contributed by atoms with Crippen molar-refractivity contribution in [3.05, 3.63) is 29.8 Å². The van der Waals surface area contributed by atoms with Gasteiger partial charge in [0.15, 0.2) is 0 Å². The van der Waals surface area contributed by atoms with E-state index >= 15 is 0 Å². The molecule has 0 aliphatic carbocycles. The number of hydrogen-bond acceptors (Lipinski definition) is 5. The Morgan fingerprint density at radius 2 is 2.04 bits per heavy atom. The molecule has 3 heterocycles. The van der Waals surface area contributed by atoms with Crippen molar-refractivity contribution in [1.82, 2.24) is 24.1 Å². The second-order valence-corrected chi connectivity index (χ2v) is 8.60. The molecule has 1 aliphatic heterocycles. The average Bonchev–Trinajstić information content (AvgIpc) is 3.15. The van der Waals surface area contributed by atoms with Crippen LogP contribution in [0.15, 0.2) is 18.3 Å². The van der Waals surface area contributed by atoms with Gasteiger partial charge in [-0.15, -0.1) is 0 Å². The molecule has 0 amide bonds. The number of hydrogen-bond donors (Lipinski definition) is 0. The van der Waals surface area contributed by atoms with Crippen LogP contribution in [0.25, 0.3) is 11.4 Å². The fourth-order valence-corrected chi connectivity index (χ4v) is 3.96. The third-order valence-corrected chi connectivity index (χ3v) is 5.55. The monoisotopic (exact) mass is 349 g/mol. The van der Waals surface area contributed by atoms with Crippen LogP contribution in [0.1, 0.15) is 43.7 Å². The number of aryl methyl sites for hydroxylation is 1. The molecule has 3 rings (SSSR count). The van der Waals surface area contributed by atoms with Crippen molar-refractivity contribution in [2.75, 3.05) is 19.3 Å². The fourth-order valence-electron chi connectivity index (χ4n) is 3.07. The fraction of sp³-hybridized carbons (Fsp3) is 0.562. The van der Waals surface area contributed by atoms with Gasteiger partial charge in [0.05, 0.1) is 17.6 Å². The Balaban J connectivity index is 1.95. The summed E-state index contributed by atoms with van der Waals surface area (Å²) in [6.45, 7) is 7.07.